The van der Waals surface area contributed by atoms with Crippen LogP contribution in [0.15, 0.2) is 53.1 Å². The fraction of sp³-hybridized carbons (Fsp3) is 0.118. The molecule has 0 saturated heterocycles. The number of aryl methyl sites for hydroxylation is 1. The van der Waals surface area contributed by atoms with Gasteiger partial charge >= 0.3 is 0 Å². The zero-order chi connectivity index (χ0) is 15.7. The van der Waals surface area contributed by atoms with Gasteiger partial charge in [-0.25, -0.2) is 4.39 Å². The summed E-state index contributed by atoms with van der Waals surface area (Å²) >= 11 is 3.24. The van der Waals surface area contributed by atoms with Crippen LogP contribution in [-0.2, 0) is 6.54 Å². The van der Waals surface area contributed by atoms with E-state index in [1.165, 1.54) is 12.1 Å². The van der Waals surface area contributed by atoms with Gasteiger partial charge < -0.3 is 9.88 Å². The van der Waals surface area contributed by atoms with Crippen LogP contribution in [0.3, 0.4) is 0 Å². The highest BCUT2D eigenvalue weighted by Crippen LogP contribution is 2.22. The van der Waals surface area contributed by atoms with Gasteiger partial charge in [-0.3, -0.25) is 4.79 Å². The minimum absolute atomic E-state index is 0.0144. The maximum atomic E-state index is 13.7. The van der Waals surface area contributed by atoms with Gasteiger partial charge in [0.15, 0.2) is 0 Å². The van der Waals surface area contributed by atoms with Crippen LogP contribution in [0.1, 0.15) is 17.3 Å². The Hall–Kier alpha value is -2.14. The van der Waals surface area contributed by atoms with Gasteiger partial charge in [-0.15, -0.1) is 0 Å². The molecule has 1 amide bonds. The fourth-order valence-corrected chi connectivity index (χ4v) is 2.78. The number of anilines is 1. The van der Waals surface area contributed by atoms with Gasteiger partial charge in [-0.2, -0.15) is 0 Å². The summed E-state index contributed by atoms with van der Waals surface area (Å²) in [5.74, 6) is -1.01. The minimum atomic E-state index is -0.543. The molecule has 22 heavy (non-hydrogen) atoms. The van der Waals surface area contributed by atoms with Crippen LogP contribution in [0.5, 0.6) is 0 Å². The number of carbonyl (C=O) groups excluding carboxylic acids is 1. The molecule has 0 spiro atoms. The van der Waals surface area contributed by atoms with Crippen molar-refractivity contribution < 1.29 is 9.18 Å². The molecule has 0 radical (unpaired) electrons. The first-order valence-corrected chi connectivity index (χ1v) is 7.73. The molecular formula is C17H14BrFN2O. The molecule has 3 nitrogen and oxygen atoms in total. The van der Waals surface area contributed by atoms with E-state index in [2.05, 4.69) is 32.7 Å². The summed E-state index contributed by atoms with van der Waals surface area (Å²) in [5, 5.41) is 3.77. The van der Waals surface area contributed by atoms with Gasteiger partial charge in [0.05, 0.1) is 5.56 Å². The lowest BCUT2D eigenvalue weighted by Crippen LogP contribution is -2.13. The van der Waals surface area contributed by atoms with E-state index in [4.69, 9.17) is 0 Å². The molecule has 2 aromatic carbocycles. The van der Waals surface area contributed by atoms with Gasteiger partial charge in [0.25, 0.3) is 5.91 Å². The van der Waals surface area contributed by atoms with E-state index >= 15 is 0 Å². The van der Waals surface area contributed by atoms with E-state index in [1.807, 2.05) is 30.5 Å². The summed E-state index contributed by atoms with van der Waals surface area (Å²) in [7, 11) is 0. The quantitative estimate of drug-likeness (QED) is 0.713. The number of fused-ring (bicyclic) bond motifs is 1. The second-order valence-corrected chi connectivity index (χ2v) is 5.87. The standard InChI is InChI=1S/C17H14BrFN2O/c1-2-21-8-7-11-9-13(4-6-16(11)21)20-17(22)14-10-12(18)3-5-15(14)19/h3-10H,2H2,1H3,(H,20,22). The second-order valence-electron chi connectivity index (χ2n) is 4.95. The minimum Gasteiger partial charge on any atom is -0.348 e. The van der Waals surface area contributed by atoms with Crippen molar-refractivity contribution in [1.82, 2.24) is 4.57 Å². The molecule has 0 aliphatic rings. The van der Waals surface area contributed by atoms with Crippen molar-refractivity contribution in [3.63, 3.8) is 0 Å². The molecule has 3 rings (SSSR count). The number of aromatic nitrogens is 1. The number of nitrogens with zero attached hydrogens (tertiary/aromatic N) is 1. The Labute approximate surface area is 135 Å². The molecule has 1 aromatic heterocycles. The summed E-state index contributed by atoms with van der Waals surface area (Å²) in [6.07, 6.45) is 2.00. The van der Waals surface area contributed by atoms with Crippen molar-refractivity contribution in [1.29, 1.82) is 0 Å². The lowest BCUT2D eigenvalue weighted by Gasteiger charge is -2.08. The van der Waals surface area contributed by atoms with Crippen molar-refractivity contribution in [2.45, 2.75) is 13.5 Å². The molecule has 5 heteroatoms. The molecule has 0 atom stereocenters. The number of rotatable bonds is 3. The van der Waals surface area contributed by atoms with Crippen LogP contribution in [0.4, 0.5) is 10.1 Å². The number of benzene rings is 2. The van der Waals surface area contributed by atoms with Gasteiger partial charge in [0.1, 0.15) is 5.82 Å². The summed E-state index contributed by atoms with van der Waals surface area (Å²) in [4.78, 5) is 12.2. The topological polar surface area (TPSA) is 34.0 Å². The van der Waals surface area contributed by atoms with E-state index < -0.39 is 11.7 Å². The van der Waals surface area contributed by atoms with Crippen molar-refractivity contribution in [3.8, 4) is 0 Å². The van der Waals surface area contributed by atoms with Crippen molar-refractivity contribution >= 4 is 38.4 Å². The fourth-order valence-electron chi connectivity index (χ4n) is 2.42. The maximum absolute atomic E-state index is 13.7. The Kier molecular flexibility index (Phi) is 3.98. The first-order chi connectivity index (χ1) is 10.6. The Morgan fingerprint density at radius 1 is 1.23 bits per heavy atom. The van der Waals surface area contributed by atoms with Gasteiger partial charge in [0.2, 0.25) is 0 Å². The molecule has 0 aliphatic carbocycles. The number of carbonyl (C=O) groups is 1. The Balaban J connectivity index is 1.89. The SMILES string of the molecule is CCn1ccc2cc(NC(=O)c3cc(Br)ccc3F)ccc21. The second kappa shape index (κ2) is 5.93. The smallest absolute Gasteiger partial charge is 0.258 e. The lowest BCUT2D eigenvalue weighted by molar-refractivity contribution is 0.102. The average molecular weight is 361 g/mol. The predicted octanol–water partition coefficient (Wildman–Crippen LogP) is 4.82. The summed E-state index contributed by atoms with van der Waals surface area (Å²) in [6.45, 7) is 2.96. The molecule has 0 saturated carbocycles. The zero-order valence-electron chi connectivity index (χ0n) is 11.9. The third kappa shape index (κ3) is 2.76. The number of amides is 1. The molecule has 1 heterocycles. The maximum Gasteiger partial charge on any atom is 0.258 e. The number of hydrogen-bond acceptors (Lipinski definition) is 1. The molecular weight excluding hydrogens is 347 g/mol. The third-order valence-corrected chi connectivity index (χ3v) is 4.04. The zero-order valence-corrected chi connectivity index (χ0v) is 13.5. The van der Waals surface area contributed by atoms with Crippen molar-refractivity contribution in [3.05, 3.63) is 64.5 Å². The highest BCUT2D eigenvalue weighted by atomic mass is 79.9. The summed E-state index contributed by atoms with van der Waals surface area (Å²) in [6, 6.07) is 11.9. The van der Waals surface area contributed by atoms with Crippen molar-refractivity contribution in [2.75, 3.05) is 5.32 Å². The van der Waals surface area contributed by atoms with Crippen LogP contribution >= 0.6 is 15.9 Å². The van der Waals surface area contributed by atoms with Crippen LogP contribution in [0, 0.1) is 5.82 Å². The largest absolute Gasteiger partial charge is 0.348 e. The van der Waals surface area contributed by atoms with Crippen LogP contribution < -0.4 is 5.32 Å². The first kappa shape index (κ1) is 14.8. The Bertz CT molecular complexity index is 857. The van der Waals surface area contributed by atoms with E-state index in [0.29, 0.717) is 10.2 Å². The van der Waals surface area contributed by atoms with Gasteiger partial charge in [-0.1, -0.05) is 15.9 Å². The van der Waals surface area contributed by atoms with E-state index in [-0.39, 0.29) is 5.56 Å². The lowest BCUT2D eigenvalue weighted by atomic mass is 10.2. The Morgan fingerprint density at radius 2 is 2.05 bits per heavy atom. The monoisotopic (exact) mass is 360 g/mol. The van der Waals surface area contributed by atoms with Gasteiger partial charge in [-0.05, 0) is 49.4 Å². The average Bonchev–Trinajstić information content (AvgIpc) is 2.91. The number of nitrogens with one attached hydrogen (secondary N) is 1. The molecule has 1 N–H and O–H groups in total. The summed E-state index contributed by atoms with van der Waals surface area (Å²) < 4.78 is 16.5. The highest BCUT2D eigenvalue weighted by Gasteiger charge is 2.13. The molecule has 0 aliphatic heterocycles. The molecule has 0 bridgehead atoms. The first-order valence-electron chi connectivity index (χ1n) is 6.94. The molecule has 0 fully saturated rings. The number of halogens is 2. The normalized spacial score (nSPS) is 10.9. The summed E-state index contributed by atoms with van der Waals surface area (Å²) in [5.41, 5.74) is 1.76. The van der Waals surface area contributed by atoms with Crippen molar-refractivity contribution in [2.24, 2.45) is 0 Å². The Morgan fingerprint density at radius 3 is 2.82 bits per heavy atom. The predicted molar refractivity (Wildman–Crippen MR) is 89.7 cm³/mol. The van der Waals surface area contributed by atoms with E-state index in [9.17, 15) is 9.18 Å². The van der Waals surface area contributed by atoms with Crippen LogP contribution in [0.25, 0.3) is 10.9 Å². The van der Waals surface area contributed by atoms with Crippen LogP contribution in [-0.4, -0.2) is 10.5 Å². The number of hydrogen-bond donors (Lipinski definition) is 1. The van der Waals surface area contributed by atoms with Gasteiger partial charge in [0, 0.05) is 33.8 Å². The van der Waals surface area contributed by atoms with E-state index in [1.54, 1.807) is 6.07 Å². The highest BCUT2D eigenvalue weighted by molar-refractivity contribution is 9.10. The third-order valence-electron chi connectivity index (χ3n) is 3.54. The molecule has 112 valence electrons. The molecule has 0 unspecified atom stereocenters. The van der Waals surface area contributed by atoms with E-state index in [0.717, 1.165) is 17.4 Å². The van der Waals surface area contributed by atoms with Crippen LogP contribution in [0.2, 0.25) is 0 Å². The molecule has 3 aromatic rings.